The number of benzene rings is 9. The third kappa shape index (κ3) is 5.16. The fourth-order valence-electron chi connectivity index (χ4n) is 8.76. The Morgan fingerprint density at radius 2 is 0.891 bits per heavy atom. The van der Waals surface area contributed by atoms with E-state index in [-0.39, 0.29) is 6.17 Å². The first-order chi connectivity index (χ1) is 27.3. The molecule has 1 N–H and O–H groups in total. The van der Waals surface area contributed by atoms with Crippen molar-refractivity contribution in [3.63, 3.8) is 0 Å². The lowest BCUT2D eigenvalue weighted by Gasteiger charge is -2.27. The number of hydrogen-bond donors (Lipinski definition) is 1. The number of nitrogens with one attached hydrogen (secondary N) is 1. The summed E-state index contributed by atoms with van der Waals surface area (Å²) in [6.07, 6.45) is 1.71. The molecule has 2 heterocycles. The number of para-hydroxylation sites is 1. The van der Waals surface area contributed by atoms with Gasteiger partial charge < -0.3 is 5.32 Å². The van der Waals surface area contributed by atoms with Crippen molar-refractivity contribution in [3.05, 3.63) is 206 Å². The van der Waals surface area contributed by atoms with Crippen molar-refractivity contribution < 1.29 is 0 Å². The van der Waals surface area contributed by atoms with Crippen LogP contribution in [0.3, 0.4) is 0 Å². The fourth-order valence-corrected chi connectivity index (χ4v) is 8.76. The minimum Gasteiger partial charge on any atom is -0.358 e. The molecule has 0 saturated heterocycles. The number of aromatic nitrogens is 1. The van der Waals surface area contributed by atoms with Crippen molar-refractivity contribution >= 4 is 60.3 Å². The SMILES string of the molecule is c1ccc(-c2ccnc3c2NC(c2cc(-c4cc5ccccc5c5ccccc45)cc(-c4cc5ccccc5c5ccccc45)c2)N3c2ccccc2)cc1. The zero-order chi connectivity index (χ0) is 36.3. The third-order valence-corrected chi connectivity index (χ3v) is 11.2. The summed E-state index contributed by atoms with van der Waals surface area (Å²) < 4.78 is 0. The number of nitrogens with zero attached hydrogens (tertiary/aromatic N) is 2. The summed E-state index contributed by atoms with van der Waals surface area (Å²) in [4.78, 5) is 7.42. The summed E-state index contributed by atoms with van der Waals surface area (Å²) in [7, 11) is 0. The van der Waals surface area contributed by atoms with Gasteiger partial charge in [0.25, 0.3) is 0 Å². The number of hydrogen-bond acceptors (Lipinski definition) is 3. The van der Waals surface area contributed by atoms with Crippen molar-refractivity contribution in [2.45, 2.75) is 6.17 Å². The quantitative estimate of drug-likeness (QED) is 0.181. The summed E-state index contributed by atoms with van der Waals surface area (Å²) in [5.41, 5.74) is 10.3. The molecular formula is C52H35N3. The molecule has 9 aromatic carbocycles. The van der Waals surface area contributed by atoms with Gasteiger partial charge in [-0.15, -0.1) is 0 Å². The second-order valence-corrected chi connectivity index (χ2v) is 14.4. The van der Waals surface area contributed by atoms with Crippen LogP contribution in [0.4, 0.5) is 17.2 Å². The van der Waals surface area contributed by atoms with Crippen LogP contribution >= 0.6 is 0 Å². The maximum Gasteiger partial charge on any atom is 0.159 e. The summed E-state index contributed by atoms with van der Waals surface area (Å²) in [6.45, 7) is 0. The van der Waals surface area contributed by atoms with E-state index in [4.69, 9.17) is 4.98 Å². The molecule has 3 nitrogen and oxygen atoms in total. The molecular weight excluding hydrogens is 667 g/mol. The molecule has 1 aliphatic rings. The van der Waals surface area contributed by atoms with E-state index in [0.29, 0.717) is 0 Å². The molecule has 0 spiro atoms. The first-order valence-corrected chi connectivity index (χ1v) is 18.9. The van der Waals surface area contributed by atoms with Crippen molar-refractivity contribution in [3.8, 4) is 33.4 Å². The maximum absolute atomic E-state index is 5.05. The molecule has 1 atom stereocenters. The minimum absolute atomic E-state index is 0.230. The predicted octanol–water partition coefficient (Wildman–Crippen LogP) is 14.0. The summed E-state index contributed by atoms with van der Waals surface area (Å²) in [5, 5.41) is 14.0. The fraction of sp³-hybridized carbons (Fsp3) is 0.0192. The Hall–Kier alpha value is -7.23. The van der Waals surface area contributed by atoms with Gasteiger partial charge in [0.2, 0.25) is 0 Å². The highest BCUT2D eigenvalue weighted by atomic mass is 15.4. The third-order valence-electron chi connectivity index (χ3n) is 11.2. The van der Waals surface area contributed by atoms with E-state index in [1.807, 2.05) is 6.20 Å². The lowest BCUT2D eigenvalue weighted by Crippen LogP contribution is -2.24. The topological polar surface area (TPSA) is 28.2 Å². The molecule has 0 saturated carbocycles. The van der Waals surface area contributed by atoms with E-state index < -0.39 is 0 Å². The predicted molar refractivity (Wildman–Crippen MR) is 232 cm³/mol. The van der Waals surface area contributed by atoms with Crippen molar-refractivity contribution in [2.75, 3.05) is 10.2 Å². The molecule has 1 aliphatic heterocycles. The van der Waals surface area contributed by atoms with Gasteiger partial charge in [-0.25, -0.2) is 4.98 Å². The van der Waals surface area contributed by atoms with E-state index in [2.05, 4.69) is 204 Å². The Kier molecular flexibility index (Phi) is 7.24. The monoisotopic (exact) mass is 701 g/mol. The highest BCUT2D eigenvalue weighted by Crippen LogP contribution is 2.50. The molecule has 1 aromatic heterocycles. The standard InChI is InChI=1S/C52H35N3/c1-3-15-34(16-4-1)43-27-28-53-52-50(43)54-51(55(52)40-19-5-2-6-20-40)39-30-37(48-32-35-17-7-9-21-41(35)44-23-11-13-25-46(44)48)29-38(31-39)49-33-36-18-8-10-22-42(36)45-24-12-14-26-47(45)49/h1-33,51,54H. The van der Waals surface area contributed by atoms with Gasteiger partial charge in [0.15, 0.2) is 5.82 Å². The molecule has 0 fully saturated rings. The molecule has 0 aliphatic carbocycles. The van der Waals surface area contributed by atoms with Gasteiger partial charge in [-0.3, -0.25) is 4.90 Å². The van der Waals surface area contributed by atoms with Gasteiger partial charge in [-0.05, 0) is 125 Å². The summed E-state index contributed by atoms with van der Waals surface area (Å²) in [5.74, 6) is 0.914. The van der Waals surface area contributed by atoms with Gasteiger partial charge in [-0.2, -0.15) is 0 Å². The van der Waals surface area contributed by atoms with Crippen LogP contribution in [0.25, 0.3) is 76.5 Å². The zero-order valence-electron chi connectivity index (χ0n) is 30.0. The largest absolute Gasteiger partial charge is 0.358 e. The lowest BCUT2D eigenvalue weighted by atomic mass is 9.88. The minimum atomic E-state index is -0.230. The molecule has 1 unspecified atom stereocenters. The number of pyridine rings is 1. The van der Waals surface area contributed by atoms with Gasteiger partial charge in [0, 0.05) is 17.4 Å². The first kappa shape index (κ1) is 31.3. The Morgan fingerprint density at radius 1 is 0.400 bits per heavy atom. The normalized spacial score (nSPS) is 13.7. The molecule has 0 amide bonds. The zero-order valence-corrected chi connectivity index (χ0v) is 30.0. The average molecular weight is 702 g/mol. The second-order valence-electron chi connectivity index (χ2n) is 14.4. The van der Waals surface area contributed by atoms with Crippen LogP contribution < -0.4 is 10.2 Å². The number of rotatable bonds is 5. The summed E-state index contributed by atoms with van der Waals surface area (Å²) in [6, 6.07) is 70.5. The number of anilines is 3. The van der Waals surface area contributed by atoms with Gasteiger partial charge >= 0.3 is 0 Å². The van der Waals surface area contributed by atoms with Crippen LogP contribution in [0.1, 0.15) is 11.7 Å². The van der Waals surface area contributed by atoms with Crippen molar-refractivity contribution in [1.82, 2.24) is 4.98 Å². The van der Waals surface area contributed by atoms with Crippen LogP contribution in [-0.2, 0) is 0 Å². The molecule has 11 rings (SSSR count). The Morgan fingerprint density at radius 3 is 1.47 bits per heavy atom. The lowest BCUT2D eigenvalue weighted by molar-refractivity contribution is 0.821. The molecule has 0 radical (unpaired) electrons. The highest BCUT2D eigenvalue weighted by Gasteiger charge is 2.35. The molecule has 0 bridgehead atoms. The number of fused-ring (bicyclic) bond motifs is 7. The molecule has 10 aromatic rings. The van der Waals surface area contributed by atoms with Crippen LogP contribution in [0, 0.1) is 0 Å². The average Bonchev–Trinajstić information content (AvgIpc) is 3.66. The second kappa shape index (κ2) is 12.7. The van der Waals surface area contributed by atoms with Gasteiger partial charge in [0.1, 0.15) is 6.17 Å². The van der Waals surface area contributed by atoms with Crippen LogP contribution in [0.5, 0.6) is 0 Å². The van der Waals surface area contributed by atoms with Gasteiger partial charge in [-0.1, -0.05) is 146 Å². The Bertz CT molecular complexity index is 2940. The molecule has 258 valence electrons. The van der Waals surface area contributed by atoms with Crippen LogP contribution in [0.15, 0.2) is 200 Å². The summed E-state index contributed by atoms with van der Waals surface area (Å²) >= 11 is 0. The van der Waals surface area contributed by atoms with Crippen LogP contribution in [-0.4, -0.2) is 4.98 Å². The maximum atomic E-state index is 5.05. The van der Waals surface area contributed by atoms with E-state index in [1.165, 1.54) is 65.3 Å². The van der Waals surface area contributed by atoms with E-state index in [0.717, 1.165) is 33.9 Å². The Labute approximate surface area is 319 Å². The van der Waals surface area contributed by atoms with E-state index >= 15 is 0 Å². The van der Waals surface area contributed by atoms with Crippen molar-refractivity contribution in [1.29, 1.82) is 0 Å². The Balaban J connectivity index is 1.20. The van der Waals surface area contributed by atoms with Gasteiger partial charge in [0.05, 0.1) is 5.69 Å². The van der Waals surface area contributed by atoms with Crippen LogP contribution in [0.2, 0.25) is 0 Å². The smallest absolute Gasteiger partial charge is 0.159 e. The molecule has 3 heteroatoms. The van der Waals surface area contributed by atoms with Crippen molar-refractivity contribution in [2.24, 2.45) is 0 Å². The van der Waals surface area contributed by atoms with E-state index in [9.17, 15) is 0 Å². The first-order valence-electron chi connectivity index (χ1n) is 18.9. The highest BCUT2D eigenvalue weighted by molar-refractivity contribution is 6.16. The van der Waals surface area contributed by atoms with E-state index in [1.54, 1.807) is 0 Å². The molecule has 55 heavy (non-hydrogen) atoms.